The zero-order chi connectivity index (χ0) is 15.6. The summed E-state index contributed by atoms with van der Waals surface area (Å²) in [5.74, 6) is -0.304. The largest absolute Gasteiger partial charge is 0.481 e. The summed E-state index contributed by atoms with van der Waals surface area (Å²) in [6.45, 7) is 1.11. The molecule has 0 radical (unpaired) electrons. The van der Waals surface area contributed by atoms with Gasteiger partial charge in [0.25, 0.3) is 5.91 Å². The van der Waals surface area contributed by atoms with Gasteiger partial charge in [-0.25, -0.2) is 13.6 Å². The van der Waals surface area contributed by atoms with Crippen LogP contribution < -0.4 is 9.88 Å². The second-order valence-corrected chi connectivity index (χ2v) is 7.49. The van der Waals surface area contributed by atoms with Gasteiger partial charge >= 0.3 is 0 Å². The van der Waals surface area contributed by atoms with Crippen LogP contribution in [0.2, 0.25) is 5.02 Å². The minimum absolute atomic E-state index is 0.0719. The molecule has 9 heteroatoms. The number of sulfonamides is 1. The summed E-state index contributed by atoms with van der Waals surface area (Å²) >= 11 is 9.12. The number of nitrogens with two attached hydrogens (primary N) is 1. The lowest BCUT2D eigenvalue weighted by molar-refractivity contribution is -0.132. The maximum Gasteiger partial charge on any atom is 0.260 e. The van der Waals surface area contributed by atoms with Crippen LogP contribution in [0.4, 0.5) is 0 Å². The molecule has 2 N–H and O–H groups in total. The highest BCUT2D eigenvalue weighted by atomic mass is 79.9. The number of hydrogen-bond donors (Lipinski definition) is 1. The van der Waals surface area contributed by atoms with Gasteiger partial charge < -0.3 is 9.64 Å². The Balaban J connectivity index is 2.21. The highest BCUT2D eigenvalue weighted by Crippen LogP contribution is 2.35. The molecule has 1 fully saturated rings. The lowest BCUT2D eigenvalue weighted by Crippen LogP contribution is -2.32. The predicted molar refractivity (Wildman–Crippen MR) is 81.8 cm³/mol. The van der Waals surface area contributed by atoms with E-state index in [1.807, 2.05) is 0 Å². The smallest absolute Gasteiger partial charge is 0.260 e. The van der Waals surface area contributed by atoms with E-state index < -0.39 is 10.0 Å². The molecule has 0 aromatic heterocycles. The molecule has 21 heavy (non-hydrogen) atoms. The maximum atomic E-state index is 11.9. The molecule has 0 saturated carbocycles. The van der Waals surface area contributed by atoms with Crippen molar-refractivity contribution in [2.75, 3.05) is 19.7 Å². The van der Waals surface area contributed by atoms with E-state index in [1.54, 1.807) is 4.90 Å². The van der Waals surface area contributed by atoms with Gasteiger partial charge in [-0.05, 0) is 25.0 Å². The summed E-state index contributed by atoms with van der Waals surface area (Å²) in [6.07, 6.45) is 1.93. The van der Waals surface area contributed by atoms with Crippen LogP contribution in [0, 0.1) is 0 Å². The monoisotopic (exact) mass is 396 g/mol. The van der Waals surface area contributed by atoms with E-state index in [1.165, 1.54) is 12.1 Å². The Kier molecular flexibility index (Phi) is 5.13. The molecule has 1 aliphatic heterocycles. The molecule has 0 spiro atoms. The molecule has 0 aliphatic carbocycles. The Morgan fingerprint density at radius 2 is 2.00 bits per heavy atom. The number of primary sulfonamides is 1. The molecule has 0 unspecified atom stereocenters. The SMILES string of the molecule is NS(=O)(=O)c1cc(Br)cc(Cl)c1OCC(=O)N1CCCC1. The summed E-state index contributed by atoms with van der Waals surface area (Å²) in [5, 5.41) is 5.21. The second-order valence-electron chi connectivity index (χ2n) is 4.64. The summed E-state index contributed by atoms with van der Waals surface area (Å²) in [5.41, 5.74) is 0. The number of likely N-dealkylation sites (tertiary alicyclic amines) is 1. The molecule has 1 aliphatic rings. The van der Waals surface area contributed by atoms with Crippen molar-refractivity contribution in [2.45, 2.75) is 17.7 Å². The minimum Gasteiger partial charge on any atom is -0.481 e. The Labute approximate surface area is 136 Å². The van der Waals surface area contributed by atoms with E-state index in [0.29, 0.717) is 17.6 Å². The summed E-state index contributed by atoms with van der Waals surface area (Å²) in [6, 6.07) is 2.77. The van der Waals surface area contributed by atoms with Crippen LogP contribution in [-0.4, -0.2) is 38.9 Å². The van der Waals surface area contributed by atoms with E-state index in [4.69, 9.17) is 21.5 Å². The molecular weight excluding hydrogens is 384 g/mol. The van der Waals surface area contributed by atoms with Gasteiger partial charge in [-0.3, -0.25) is 4.79 Å². The molecule has 1 aromatic rings. The van der Waals surface area contributed by atoms with Crippen molar-refractivity contribution in [3.05, 3.63) is 21.6 Å². The number of rotatable bonds is 4. The number of carbonyl (C=O) groups excluding carboxylic acids is 1. The fourth-order valence-corrected chi connectivity index (χ4v) is 3.87. The van der Waals surface area contributed by atoms with Crippen LogP contribution in [0.3, 0.4) is 0 Å². The lowest BCUT2D eigenvalue weighted by atomic mass is 10.3. The first-order chi connectivity index (χ1) is 9.79. The zero-order valence-corrected chi connectivity index (χ0v) is 14.2. The number of hydrogen-bond acceptors (Lipinski definition) is 4. The zero-order valence-electron chi connectivity index (χ0n) is 11.0. The second kappa shape index (κ2) is 6.51. The Morgan fingerprint density at radius 1 is 1.38 bits per heavy atom. The van der Waals surface area contributed by atoms with E-state index in [0.717, 1.165) is 12.8 Å². The molecule has 0 bridgehead atoms. The average Bonchev–Trinajstić information content (AvgIpc) is 2.89. The Hall–Kier alpha value is -0.830. The van der Waals surface area contributed by atoms with Gasteiger partial charge in [-0.1, -0.05) is 27.5 Å². The van der Waals surface area contributed by atoms with E-state index >= 15 is 0 Å². The molecule has 6 nitrogen and oxygen atoms in total. The molecule has 116 valence electrons. The van der Waals surface area contributed by atoms with Crippen LogP contribution in [-0.2, 0) is 14.8 Å². The molecular formula is C12H14BrClN2O4S. The van der Waals surface area contributed by atoms with Gasteiger partial charge in [0, 0.05) is 17.6 Å². The van der Waals surface area contributed by atoms with E-state index in [-0.39, 0.29) is 28.2 Å². The van der Waals surface area contributed by atoms with Crippen molar-refractivity contribution in [2.24, 2.45) is 5.14 Å². The highest BCUT2D eigenvalue weighted by molar-refractivity contribution is 9.10. The number of carbonyl (C=O) groups is 1. The summed E-state index contributed by atoms with van der Waals surface area (Å²) in [4.78, 5) is 13.3. The fraction of sp³-hybridized carbons (Fsp3) is 0.417. The van der Waals surface area contributed by atoms with Gasteiger partial charge in [-0.2, -0.15) is 0 Å². The number of nitrogens with zero attached hydrogens (tertiary/aromatic N) is 1. The molecule has 0 atom stereocenters. The van der Waals surface area contributed by atoms with Crippen molar-refractivity contribution >= 4 is 43.5 Å². The molecule has 1 saturated heterocycles. The van der Waals surface area contributed by atoms with Gasteiger partial charge in [0.2, 0.25) is 10.0 Å². The Bertz CT molecular complexity index is 659. The number of halogens is 2. The van der Waals surface area contributed by atoms with Crippen LogP contribution in [0.1, 0.15) is 12.8 Å². The van der Waals surface area contributed by atoms with Crippen molar-refractivity contribution in [3.63, 3.8) is 0 Å². The first-order valence-electron chi connectivity index (χ1n) is 6.21. The van der Waals surface area contributed by atoms with Crippen LogP contribution in [0.25, 0.3) is 0 Å². The van der Waals surface area contributed by atoms with Gasteiger partial charge in [-0.15, -0.1) is 0 Å². The average molecular weight is 398 g/mol. The lowest BCUT2D eigenvalue weighted by Gasteiger charge is -2.17. The molecule has 1 aromatic carbocycles. The molecule has 1 heterocycles. The van der Waals surface area contributed by atoms with Gasteiger partial charge in [0.1, 0.15) is 4.90 Å². The standard InChI is InChI=1S/C12H14BrClN2O4S/c13-8-5-9(14)12(10(6-8)21(15,18)19)20-7-11(17)16-3-1-2-4-16/h5-6H,1-4,7H2,(H2,15,18,19). The van der Waals surface area contributed by atoms with E-state index in [9.17, 15) is 13.2 Å². The van der Waals surface area contributed by atoms with Crippen molar-refractivity contribution < 1.29 is 17.9 Å². The predicted octanol–water partition coefficient (Wildman–Crippen LogP) is 1.75. The van der Waals surface area contributed by atoms with Crippen LogP contribution in [0.15, 0.2) is 21.5 Å². The quantitative estimate of drug-likeness (QED) is 0.838. The number of ether oxygens (including phenoxy) is 1. The number of amides is 1. The molecule has 1 amide bonds. The Morgan fingerprint density at radius 3 is 2.57 bits per heavy atom. The summed E-state index contributed by atoms with van der Waals surface area (Å²) < 4.78 is 28.9. The maximum absolute atomic E-state index is 11.9. The minimum atomic E-state index is -4.01. The number of benzene rings is 1. The fourth-order valence-electron chi connectivity index (χ4n) is 2.08. The van der Waals surface area contributed by atoms with Crippen molar-refractivity contribution in [1.82, 2.24) is 4.90 Å². The van der Waals surface area contributed by atoms with Gasteiger partial charge in [0.15, 0.2) is 12.4 Å². The topological polar surface area (TPSA) is 89.7 Å². The summed E-state index contributed by atoms with van der Waals surface area (Å²) in [7, 11) is -4.01. The van der Waals surface area contributed by atoms with Crippen LogP contribution in [0.5, 0.6) is 5.75 Å². The first kappa shape index (κ1) is 16.5. The third kappa shape index (κ3) is 4.09. The van der Waals surface area contributed by atoms with E-state index in [2.05, 4.69) is 15.9 Å². The highest BCUT2D eigenvalue weighted by Gasteiger charge is 2.23. The molecule has 2 rings (SSSR count). The van der Waals surface area contributed by atoms with Crippen LogP contribution >= 0.6 is 27.5 Å². The third-order valence-electron chi connectivity index (χ3n) is 3.08. The first-order valence-corrected chi connectivity index (χ1v) is 8.93. The van der Waals surface area contributed by atoms with Crippen molar-refractivity contribution in [1.29, 1.82) is 0 Å². The van der Waals surface area contributed by atoms with Gasteiger partial charge in [0.05, 0.1) is 5.02 Å². The normalized spacial score (nSPS) is 15.3. The van der Waals surface area contributed by atoms with Crippen molar-refractivity contribution in [3.8, 4) is 5.75 Å². The third-order valence-corrected chi connectivity index (χ3v) is 4.73.